The van der Waals surface area contributed by atoms with Gasteiger partial charge in [0.1, 0.15) is 11.2 Å². The second-order valence-corrected chi connectivity index (χ2v) is 9.44. The summed E-state index contributed by atoms with van der Waals surface area (Å²) < 4.78 is 6.56. The molecule has 7 nitrogen and oxygen atoms in total. The minimum Gasteiger partial charge on any atom is -0.478 e. The van der Waals surface area contributed by atoms with E-state index in [1.54, 1.807) is 6.92 Å². The number of amides is 1. The number of carboxylic acids is 1. The molecule has 1 aromatic heterocycles. The lowest BCUT2D eigenvalue weighted by atomic mass is 9.82. The van der Waals surface area contributed by atoms with Crippen molar-refractivity contribution in [2.45, 2.75) is 83.3 Å². The number of pyridine rings is 1. The Morgan fingerprint density at radius 3 is 2.69 bits per heavy atom. The number of hydrogen-bond donors (Lipinski definition) is 2. The molecule has 0 radical (unpaired) electrons. The number of carbonyl (C=O) groups is 2. The van der Waals surface area contributed by atoms with Gasteiger partial charge in [0.05, 0.1) is 29.7 Å². The quantitative estimate of drug-likeness (QED) is 0.647. The summed E-state index contributed by atoms with van der Waals surface area (Å²) in [5, 5.41) is 9.69. The van der Waals surface area contributed by atoms with Crippen LogP contribution in [0.2, 0.25) is 0 Å². The summed E-state index contributed by atoms with van der Waals surface area (Å²) in [6, 6.07) is 0.0465. The van der Waals surface area contributed by atoms with Gasteiger partial charge >= 0.3 is 5.97 Å². The van der Waals surface area contributed by atoms with Gasteiger partial charge in [0.25, 0.3) is 0 Å². The normalized spacial score (nSPS) is 25.7. The molecule has 2 aliphatic carbocycles. The van der Waals surface area contributed by atoms with Crippen LogP contribution in [0, 0.1) is 12.8 Å². The maximum absolute atomic E-state index is 13.2. The molecule has 174 valence electrons. The summed E-state index contributed by atoms with van der Waals surface area (Å²) in [6.45, 7) is 4.89. The van der Waals surface area contributed by atoms with E-state index in [-0.39, 0.29) is 29.1 Å². The molecule has 4 rings (SSSR count). The fourth-order valence-electron chi connectivity index (χ4n) is 5.77. The largest absolute Gasteiger partial charge is 0.478 e. The number of nitrogens with zero attached hydrogens (tertiary/aromatic N) is 2. The van der Waals surface area contributed by atoms with Crippen LogP contribution in [-0.2, 0) is 21.6 Å². The number of carbonyl (C=O) groups excluding carboxylic acids is 1. The molecule has 2 unspecified atom stereocenters. The van der Waals surface area contributed by atoms with Gasteiger partial charge in [0.15, 0.2) is 0 Å². The third-order valence-electron chi connectivity index (χ3n) is 7.50. The SMILES string of the molecule is CCC1(OCC2CCCN2C(=O)C2CCCCC2)C=CCc2nc(C)c(C(=O)O)c(N)c21. The number of aryl methyl sites for hydroxylation is 1. The molecule has 1 saturated heterocycles. The molecule has 3 aliphatic rings. The lowest BCUT2D eigenvalue weighted by Gasteiger charge is -2.38. The summed E-state index contributed by atoms with van der Waals surface area (Å²) in [6.07, 6.45) is 12.7. The Morgan fingerprint density at radius 2 is 2.00 bits per heavy atom. The first kappa shape index (κ1) is 22.8. The van der Waals surface area contributed by atoms with E-state index in [1.165, 1.54) is 6.42 Å². The highest BCUT2D eigenvalue weighted by Gasteiger charge is 2.40. The first-order chi connectivity index (χ1) is 15.4. The monoisotopic (exact) mass is 441 g/mol. The Bertz CT molecular complexity index is 922. The van der Waals surface area contributed by atoms with Crippen molar-refractivity contribution >= 4 is 17.6 Å². The van der Waals surface area contributed by atoms with Gasteiger partial charge in [-0.1, -0.05) is 38.3 Å². The highest BCUT2D eigenvalue weighted by atomic mass is 16.5. The number of likely N-dealkylation sites (tertiary alicyclic amines) is 1. The number of anilines is 1. The standard InChI is InChI=1S/C25H35N3O4/c1-3-25(13-7-12-19-21(25)22(26)20(24(30)31)16(2)27-19)32-15-18-11-8-14-28(18)23(29)17-9-5-4-6-10-17/h7,13,17-18H,3-6,8-12,14-15H2,1-2H3,(H2,26,27)(H,30,31). The third kappa shape index (κ3) is 4.03. The van der Waals surface area contributed by atoms with Crippen LogP contribution in [0.5, 0.6) is 0 Å². The van der Waals surface area contributed by atoms with Gasteiger partial charge in [-0.3, -0.25) is 9.78 Å². The van der Waals surface area contributed by atoms with Crippen LogP contribution in [0.15, 0.2) is 12.2 Å². The topological polar surface area (TPSA) is 106 Å². The van der Waals surface area contributed by atoms with E-state index < -0.39 is 11.6 Å². The van der Waals surface area contributed by atoms with Crippen molar-refractivity contribution in [3.63, 3.8) is 0 Å². The van der Waals surface area contributed by atoms with Gasteiger partial charge in [-0.15, -0.1) is 0 Å². The summed E-state index contributed by atoms with van der Waals surface area (Å²) in [4.78, 5) is 31.6. The van der Waals surface area contributed by atoms with Crippen LogP contribution in [0.25, 0.3) is 0 Å². The molecule has 0 bridgehead atoms. The molecule has 32 heavy (non-hydrogen) atoms. The summed E-state index contributed by atoms with van der Waals surface area (Å²) in [5.74, 6) is -0.637. The zero-order valence-corrected chi connectivity index (χ0v) is 19.2. The second kappa shape index (κ2) is 9.22. The number of rotatable bonds is 6. The van der Waals surface area contributed by atoms with E-state index in [1.807, 2.05) is 24.0 Å². The molecular weight excluding hydrogens is 406 g/mol. The Hall–Kier alpha value is -2.41. The number of aromatic nitrogens is 1. The van der Waals surface area contributed by atoms with Crippen LogP contribution in [-0.4, -0.2) is 46.1 Å². The molecule has 7 heteroatoms. The number of aromatic carboxylic acids is 1. The van der Waals surface area contributed by atoms with Gasteiger partial charge in [-0.25, -0.2) is 4.79 Å². The van der Waals surface area contributed by atoms with Crippen molar-refractivity contribution in [2.75, 3.05) is 18.9 Å². The van der Waals surface area contributed by atoms with Crippen molar-refractivity contribution in [1.29, 1.82) is 0 Å². The predicted molar refractivity (Wildman–Crippen MR) is 122 cm³/mol. The van der Waals surface area contributed by atoms with Crippen LogP contribution < -0.4 is 5.73 Å². The fourth-order valence-corrected chi connectivity index (χ4v) is 5.77. The van der Waals surface area contributed by atoms with E-state index in [9.17, 15) is 14.7 Å². The number of ether oxygens (including phenoxy) is 1. The minimum atomic E-state index is -1.07. The number of nitrogen functional groups attached to an aromatic ring is 1. The van der Waals surface area contributed by atoms with Crippen LogP contribution in [0.1, 0.15) is 85.6 Å². The van der Waals surface area contributed by atoms with Crippen molar-refractivity contribution in [1.82, 2.24) is 9.88 Å². The Balaban J connectivity index is 1.58. The molecule has 2 fully saturated rings. The van der Waals surface area contributed by atoms with E-state index in [0.717, 1.165) is 50.8 Å². The maximum atomic E-state index is 13.2. The van der Waals surface area contributed by atoms with Crippen LogP contribution in [0.4, 0.5) is 5.69 Å². The molecule has 0 aromatic carbocycles. The maximum Gasteiger partial charge on any atom is 0.339 e. The van der Waals surface area contributed by atoms with Crippen molar-refractivity contribution in [3.05, 3.63) is 34.7 Å². The van der Waals surface area contributed by atoms with E-state index in [4.69, 9.17) is 10.5 Å². The smallest absolute Gasteiger partial charge is 0.339 e. The van der Waals surface area contributed by atoms with Gasteiger partial charge in [0.2, 0.25) is 5.91 Å². The predicted octanol–water partition coefficient (Wildman–Crippen LogP) is 3.98. The average molecular weight is 442 g/mol. The molecule has 3 N–H and O–H groups in total. The summed E-state index contributed by atoms with van der Waals surface area (Å²) >= 11 is 0. The molecule has 2 atom stereocenters. The summed E-state index contributed by atoms with van der Waals surface area (Å²) in [5.41, 5.74) is 7.75. The number of nitrogens with two attached hydrogens (primary N) is 1. The molecule has 1 amide bonds. The Labute approximate surface area is 190 Å². The molecular formula is C25H35N3O4. The van der Waals surface area contributed by atoms with Crippen molar-refractivity contribution < 1.29 is 19.4 Å². The van der Waals surface area contributed by atoms with Crippen LogP contribution in [0.3, 0.4) is 0 Å². The third-order valence-corrected chi connectivity index (χ3v) is 7.50. The van der Waals surface area contributed by atoms with Crippen LogP contribution >= 0.6 is 0 Å². The van der Waals surface area contributed by atoms with E-state index >= 15 is 0 Å². The van der Waals surface area contributed by atoms with Gasteiger partial charge < -0.3 is 20.5 Å². The van der Waals surface area contributed by atoms with Gasteiger partial charge in [-0.2, -0.15) is 0 Å². The molecule has 2 heterocycles. The molecule has 0 spiro atoms. The number of fused-ring (bicyclic) bond motifs is 1. The minimum absolute atomic E-state index is 0.0465. The van der Waals surface area contributed by atoms with E-state index in [2.05, 4.69) is 4.98 Å². The Morgan fingerprint density at radius 1 is 1.25 bits per heavy atom. The second-order valence-electron chi connectivity index (χ2n) is 9.44. The number of hydrogen-bond acceptors (Lipinski definition) is 5. The lowest BCUT2D eigenvalue weighted by molar-refractivity contribution is -0.140. The Kier molecular flexibility index (Phi) is 6.56. The highest BCUT2D eigenvalue weighted by molar-refractivity contribution is 5.96. The highest BCUT2D eigenvalue weighted by Crippen LogP contribution is 2.42. The molecule has 1 aliphatic heterocycles. The lowest BCUT2D eigenvalue weighted by Crippen LogP contribution is -2.44. The zero-order valence-electron chi connectivity index (χ0n) is 19.2. The number of carboxylic acid groups (broad SMARTS) is 1. The van der Waals surface area contributed by atoms with Gasteiger partial charge in [0, 0.05) is 24.4 Å². The molecule has 1 aromatic rings. The summed E-state index contributed by atoms with van der Waals surface area (Å²) in [7, 11) is 0. The van der Waals surface area contributed by atoms with Crippen molar-refractivity contribution in [2.24, 2.45) is 5.92 Å². The first-order valence-electron chi connectivity index (χ1n) is 12.0. The van der Waals surface area contributed by atoms with Gasteiger partial charge in [-0.05, 0) is 39.0 Å². The van der Waals surface area contributed by atoms with E-state index in [0.29, 0.717) is 30.7 Å². The first-order valence-corrected chi connectivity index (χ1v) is 12.0. The zero-order chi connectivity index (χ0) is 22.9. The fraction of sp³-hybridized carbons (Fsp3) is 0.640. The number of allylic oxidation sites excluding steroid dienone is 1. The molecule has 1 saturated carbocycles. The average Bonchev–Trinajstić information content (AvgIpc) is 3.26. The van der Waals surface area contributed by atoms with Crippen molar-refractivity contribution in [3.8, 4) is 0 Å².